The Kier molecular flexibility index (Phi) is 2.89. The monoisotopic (exact) mass is 242 g/mol. The first-order valence-corrected chi connectivity index (χ1v) is 5.59. The summed E-state index contributed by atoms with van der Waals surface area (Å²) in [7, 11) is 0. The molecule has 0 spiro atoms. The van der Waals surface area contributed by atoms with E-state index < -0.39 is 0 Å². The van der Waals surface area contributed by atoms with E-state index in [0.29, 0.717) is 23.8 Å². The number of pyridine rings is 1. The molecular weight excluding hydrogens is 232 g/mol. The van der Waals surface area contributed by atoms with E-state index in [-0.39, 0.29) is 11.2 Å². The summed E-state index contributed by atoms with van der Waals surface area (Å²) in [6.07, 6.45) is 0.466. The number of halogens is 1. The highest BCUT2D eigenvalue weighted by Gasteiger charge is 2.29. The maximum Gasteiger partial charge on any atom is 0.228 e. The fraction of sp³-hybridized carbons (Fsp3) is 0.400. The minimum absolute atomic E-state index is 0.0579. The van der Waals surface area contributed by atoms with E-state index in [1.807, 2.05) is 19.1 Å². The molecule has 2 heterocycles. The highest BCUT2D eigenvalue weighted by atomic mass is 35.5. The number of aryl methyl sites for hydroxylation is 1. The summed E-state index contributed by atoms with van der Waals surface area (Å²) >= 11 is 10.3. The molecule has 15 heavy (non-hydrogen) atoms. The number of carbonyl (C=O) groups is 1. The maximum atomic E-state index is 11.6. The Morgan fingerprint density at radius 1 is 1.60 bits per heavy atom. The van der Waals surface area contributed by atoms with Crippen LogP contribution in [-0.2, 0) is 4.79 Å². The van der Waals surface area contributed by atoms with Gasteiger partial charge in [-0.1, -0.05) is 11.6 Å². The van der Waals surface area contributed by atoms with Crippen molar-refractivity contribution >= 4 is 35.8 Å². The first-order chi connectivity index (χ1) is 7.08. The average Bonchev–Trinajstić information content (AvgIpc) is 2.45. The molecular formula is C10H11ClN2OS. The zero-order chi connectivity index (χ0) is 11.0. The van der Waals surface area contributed by atoms with Crippen LogP contribution >= 0.6 is 24.2 Å². The van der Waals surface area contributed by atoms with Gasteiger partial charge in [-0.25, -0.2) is 4.98 Å². The molecule has 0 N–H and O–H groups in total. The van der Waals surface area contributed by atoms with Crippen molar-refractivity contribution in [2.75, 3.05) is 11.4 Å². The number of hydrogen-bond donors (Lipinski definition) is 1. The van der Waals surface area contributed by atoms with Crippen LogP contribution in [-0.4, -0.2) is 22.7 Å². The van der Waals surface area contributed by atoms with Gasteiger partial charge in [0.05, 0.1) is 5.69 Å². The first-order valence-electron chi connectivity index (χ1n) is 4.69. The molecule has 1 fully saturated rings. The van der Waals surface area contributed by atoms with E-state index >= 15 is 0 Å². The summed E-state index contributed by atoms with van der Waals surface area (Å²) in [5.41, 5.74) is 1.53. The molecule has 1 aromatic rings. The van der Waals surface area contributed by atoms with Gasteiger partial charge >= 0.3 is 0 Å². The van der Waals surface area contributed by atoms with Gasteiger partial charge in [0.25, 0.3) is 0 Å². The lowest BCUT2D eigenvalue weighted by molar-refractivity contribution is -0.117. The van der Waals surface area contributed by atoms with E-state index in [4.69, 9.17) is 11.6 Å². The van der Waals surface area contributed by atoms with Gasteiger partial charge in [0.15, 0.2) is 5.15 Å². The molecule has 0 bridgehead atoms. The standard InChI is InChI=1S/C10H11ClN2OS/c1-6-2-3-8(10(11)12-6)13-5-7(15)4-9(13)14/h2-3,7,15H,4-5H2,1H3. The fourth-order valence-corrected chi connectivity index (χ4v) is 2.26. The number of nitrogens with zero attached hydrogens (tertiary/aromatic N) is 2. The van der Waals surface area contributed by atoms with Crippen LogP contribution in [0.15, 0.2) is 12.1 Å². The van der Waals surface area contributed by atoms with Gasteiger partial charge in [0.2, 0.25) is 5.91 Å². The predicted molar refractivity (Wildman–Crippen MR) is 63.7 cm³/mol. The van der Waals surface area contributed by atoms with Crippen LogP contribution in [0.2, 0.25) is 5.15 Å². The molecule has 0 radical (unpaired) electrons. The lowest BCUT2D eigenvalue weighted by atomic mass is 10.3. The van der Waals surface area contributed by atoms with Crippen molar-refractivity contribution in [1.82, 2.24) is 4.98 Å². The van der Waals surface area contributed by atoms with E-state index in [1.165, 1.54) is 0 Å². The van der Waals surface area contributed by atoms with Crippen LogP contribution in [0.1, 0.15) is 12.1 Å². The van der Waals surface area contributed by atoms with Crippen molar-refractivity contribution in [3.63, 3.8) is 0 Å². The third-order valence-electron chi connectivity index (χ3n) is 2.36. The summed E-state index contributed by atoms with van der Waals surface area (Å²) in [6.45, 7) is 2.47. The predicted octanol–water partition coefficient (Wildman–Crippen LogP) is 2.08. The Bertz CT molecular complexity index is 410. The van der Waals surface area contributed by atoms with Crippen molar-refractivity contribution in [3.05, 3.63) is 23.0 Å². The molecule has 1 saturated heterocycles. The summed E-state index contributed by atoms with van der Waals surface area (Å²) in [5, 5.41) is 0.473. The summed E-state index contributed by atoms with van der Waals surface area (Å²) in [6, 6.07) is 3.68. The maximum absolute atomic E-state index is 11.6. The molecule has 0 saturated carbocycles. The van der Waals surface area contributed by atoms with Crippen LogP contribution in [0.3, 0.4) is 0 Å². The van der Waals surface area contributed by atoms with E-state index in [0.717, 1.165) is 5.69 Å². The third-order valence-corrected chi connectivity index (χ3v) is 2.99. The number of rotatable bonds is 1. The second-order valence-electron chi connectivity index (χ2n) is 3.62. The van der Waals surface area contributed by atoms with Gasteiger partial charge in [-0.2, -0.15) is 12.6 Å². The minimum atomic E-state index is 0.0579. The lowest BCUT2D eigenvalue weighted by Gasteiger charge is -2.16. The molecule has 1 aliphatic rings. The van der Waals surface area contributed by atoms with Gasteiger partial charge in [-0.15, -0.1) is 0 Å². The second kappa shape index (κ2) is 4.02. The second-order valence-corrected chi connectivity index (χ2v) is 4.71. The molecule has 0 aromatic carbocycles. The van der Waals surface area contributed by atoms with Gasteiger partial charge in [0, 0.05) is 23.9 Å². The van der Waals surface area contributed by atoms with Gasteiger partial charge in [-0.3, -0.25) is 4.79 Å². The molecule has 2 rings (SSSR count). The van der Waals surface area contributed by atoms with E-state index in [2.05, 4.69) is 17.6 Å². The normalized spacial score (nSPS) is 21.1. The molecule has 0 aliphatic carbocycles. The quantitative estimate of drug-likeness (QED) is 0.604. The average molecular weight is 243 g/mol. The molecule has 1 atom stereocenters. The minimum Gasteiger partial charge on any atom is -0.308 e. The largest absolute Gasteiger partial charge is 0.308 e. The Morgan fingerprint density at radius 3 is 2.87 bits per heavy atom. The van der Waals surface area contributed by atoms with Crippen molar-refractivity contribution in [1.29, 1.82) is 0 Å². The van der Waals surface area contributed by atoms with Crippen LogP contribution in [0.5, 0.6) is 0 Å². The molecule has 3 nitrogen and oxygen atoms in total. The number of aromatic nitrogens is 1. The topological polar surface area (TPSA) is 33.2 Å². The highest BCUT2D eigenvalue weighted by molar-refractivity contribution is 7.81. The summed E-state index contributed by atoms with van der Waals surface area (Å²) in [5.74, 6) is 0.0579. The number of amides is 1. The van der Waals surface area contributed by atoms with Crippen LogP contribution in [0.25, 0.3) is 0 Å². The van der Waals surface area contributed by atoms with Gasteiger partial charge in [-0.05, 0) is 19.1 Å². The van der Waals surface area contributed by atoms with E-state index in [9.17, 15) is 4.79 Å². The smallest absolute Gasteiger partial charge is 0.228 e. The highest BCUT2D eigenvalue weighted by Crippen LogP contribution is 2.29. The van der Waals surface area contributed by atoms with E-state index in [1.54, 1.807) is 4.90 Å². The molecule has 5 heteroatoms. The summed E-state index contributed by atoms with van der Waals surface area (Å²) in [4.78, 5) is 17.4. The van der Waals surface area contributed by atoms with Crippen molar-refractivity contribution in [3.8, 4) is 0 Å². The fourth-order valence-electron chi connectivity index (χ4n) is 1.64. The lowest BCUT2D eigenvalue weighted by Crippen LogP contribution is -2.25. The Labute approximate surface area is 98.8 Å². The number of anilines is 1. The van der Waals surface area contributed by atoms with Gasteiger partial charge < -0.3 is 4.90 Å². The van der Waals surface area contributed by atoms with Gasteiger partial charge in [0.1, 0.15) is 0 Å². The SMILES string of the molecule is Cc1ccc(N2CC(S)CC2=O)c(Cl)n1. The van der Waals surface area contributed by atoms with Crippen LogP contribution < -0.4 is 4.90 Å². The zero-order valence-electron chi connectivity index (χ0n) is 8.27. The molecule has 1 amide bonds. The Hall–Kier alpha value is -0.740. The van der Waals surface area contributed by atoms with Crippen molar-refractivity contribution < 1.29 is 4.79 Å². The van der Waals surface area contributed by atoms with Crippen LogP contribution in [0.4, 0.5) is 5.69 Å². The Balaban J connectivity index is 2.34. The molecule has 1 aliphatic heterocycles. The van der Waals surface area contributed by atoms with Crippen LogP contribution in [0, 0.1) is 6.92 Å². The Morgan fingerprint density at radius 2 is 2.33 bits per heavy atom. The molecule has 1 unspecified atom stereocenters. The third kappa shape index (κ3) is 2.11. The number of thiol groups is 1. The number of carbonyl (C=O) groups excluding carboxylic acids is 1. The number of hydrogen-bond acceptors (Lipinski definition) is 3. The molecule has 80 valence electrons. The molecule has 1 aromatic heterocycles. The summed E-state index contributed by atoms with van der Waals surface area (Å²) < 4.78 is 0. The first kappa shape index (κ1) is 10.8. The van der Waals surface area contributed by atoms with Crippen molar-refractivity contribution in [2.45, 2.75) is 18.6 Å². The zero-order valence-corrected chi connectivity index (χ0v) is 9.92. The van der Waals surface area contributed by atoms with Crippen molar-refractivity contribution in [2.24, 2.45) is 0 Å².